The average Bonchev–Trinajstić information content (AvgIpc) is 3.19. The Kier molecular flexibility index (Phi) is 6.66. The zero-order chi connectivity index (χ0) is 20.3. The van der Waals surface area contributed by atoms with E-state index < -0.39 is 31.9 Å². The molecule has 0 unspecified atom stereocenters. The molecule has 3 heterocycles. The van der Waals surface area contributed by atoms with Gasteiger partial charge in [-0.15, -0.1) is 0 Å². The zero-order valence-electron chi connectivity index (χ0n) is 15.6. The zero-order valence-corrected chi connectivity index (χ0v) is 16.5. The van der Waals surface area contributed by atoms with Gasteiger partial charge in [0.2, 0.25) is 0 Å². The summed E-state index contributed by atoms with van der Waals surface area (Å²) in [5, 5.41) is 23.9. The van der Waals surface area contributed by atoms with Gasteiger partial charge >= 0.3 is 7.60 Å². The molecule has 0 bridgehead atoms. The molecule has 5 N–H and O–H groups in total. The van der Waals surface area contributed by atoms with Crippen LogP contribution in [0.2, 0.25) is 0 Å². The fourth-order valence-electron chi connectivity index (χ4n) is 3.29. The fraction of sp³-hybridized carbons (Fsp3) is 0.625. The van der Waals surface area contributed by atoms with Gasteiger partial charge in [-0.05, 0) is 13.8 Å². The number of H-pyrrole nitrogens is 2. The second-order valence-electron chi connectivity index (χ2n) is 6.38. The van der Waals surface area contributed by atoms with Crippen molar-refractivity contribution in [3.8, 4) is 0 Å². The van der Waals surface area contributed by atoms with E-state index in [1.807, 2.05) is 0 Å². The van der Waals surface area contributed by atoms with Crippen molar-refractivity contribution in [1.29, 1.82) is 0 Å². The van der Waals surface area contributed by atoms with Gasteiger partial charge in [0.15, 0.2) is 0 Å². The number of aromatic amines is 2. The Morgan fingerprint density at radius 1 is 1.18 bits per heavy atom. The van der Waals surface area contributed by atoms with Crippen molar-refractivity contribution in [2.75, 3.05) is 26.2 Å². The monoisotopic (exact) mass is 416 g/mol. The molecule has 4 atom stereocenters. The van der Waals surface area contributed by atoms with Crippen molar-refractivity contribution in [3.63, 3.8) is 0 Å². The highest BCUT2D eigenvalue weighted by molar-refractivity contribution is 7.53. The predicted molar refractivity (Wildman–Crippen MR) is 100 cm³/mol. The number of aliphatic hydroxyl groups excluding tert-OH is 2. The maximum Gasteiger partial charge on any atom is 0.356 e. The summed E-state index contributed by atoms with van der Waals surface area (Å²) >= 11 is 0. The van der Waals surface area contributed by atoms with Crippen LogP contribution in [0.5, 0.6) is 0 Å². The molecule has 2 aromatic heterocycles. The number of fused-ring (bicyclic) bond motifs is 1. The molecule has 1 aliphatic rings. The van der Waals surface area contributed by atoms with Gasteiger partial charge in [0.05, 0.1) is 44.3 Å². The van der Waals surface area contributed by atoms with Crippen molar-refractivity contribution < 1.29 is 28.6 Å². The van der Waals surface area contributed by atoms with Crippen LogP contribution in [0, 0.1) is 0 Å². The van der Waals surface area contributed by atoms with Crippen LogP contribution in [0.4, 0.5) is 0 Å². The van der Waals surface area contributed by atoms with Crippen molar-refractivity contribution >= 4 is 18.6 Å². The molecule has 0 spiro atoms. The molecule has 0 radical (unpaired) electrons. The third-order valence-corrected chi connectivity index (χ3v) is 6.33. The summed E-state index contributed by atoms with van der Waals surface area (Å²) in [5.74, 6) is 0. The van der Waals surface area contributed by atoms with Gasteiger partial charge in [0.25, 0.3) is 5.56 Å². The fourth-order valence-corrected chi connectivity index (χ4v) is 4.63. The Morgan fingerprint density at radius 2 is 1.89 bits per heavy atom. The molecule has 12 heteroatoms. The molecule has 156 valence electrons. The molecule has 0 aromatic carbocycles. The molecule has 2 aromatic rings. The molecule has 1 saturated heterocycles. The lowest BCUT2D eigenvalue weighted by Crippen LogP contribution is -2.37. The van der Waals surface area contributed by atoms with E-state index in [4.69, 9.17) is 13.8 Å². The third-order valence-electron chi connectivity index (χ3n) is 4.53. The van der Waals surface area contributed by atoms with E-state index in [2.05, 4.69) is 20.3 Å². The quantitative estimate of drug-likeness (QED) is 0.361. The summed E-state index contributed by atoms with van der Waals surface area (Å²) < 4.78 is 28.2. The summed E-state index contributed by atoms with van der Waals surface area (Å²) in [6, 6.07) is -1.28. The molecule has 1 aliphatic heterocycles. The summed E-state index contributed by atoms with van der Waals surface area (Å²) in [6.07, 6.45) is 0.320. The average molecular weight is 416 g/mol. The summed E-state index contributed by atoms with van der Waals surface area (Å²) in [7, 11) is -3.36. The number of aliphatic hydroxyl groups is 2. The minimum Gasteiger partial charge on any atom is -0.389 e. The lowest BCUT2D eigenvalue weighted by Gasteiger charge is -2.20. The molecule has 3 rings (SSSR count). The molecule has 11 nitrogen and oxygen atoms in total. The van der Waals surface area contributed by atoms with Gasteiger partial charge in [0.1, 0.15) is 23.5 Å². The smallest absolute Gasteiger partial charge is 0.356 e. The van der Waals surface area contributed by atoms with Crippen LogP contribution in [0.1, 0.15) is 25.5 Å². The number of nitrogens with zero attached hydrogens (tertiary/aromatic N) is 1. The van der Waals surface area contributed by atoms with Gasteiger partial charge in [0, 0.05) is 11.8 Å². The van der Waals surface area contributed by atoms with E-state index >= 15 is 0 Å². The number of rotatable bonds is 9. The maximum atomic E-state index is 12.4. The number of ether oxygens (including phenoxy) is 1. The second-order valence-corrected chi connectivity index (χ2v) is 8.37. The van der Waals surface area contributed by atoms with Gasteiger partial charge in [-0.1, -0.05) is 0 Å². The summed E-state index contributed by atoms with van der Waals surface area (Å²) in [4.78, 5) is 21.3. The molecule has 0 aliphatic carbocycles. The van der Waals surface area contributed by atoms with E-state index in [1.165, 1.54) is 6.33 Å². The first kappa shape index (κ1) is 21.1. The van der Waals surface area contributed by atoms with E-state index in [9.17, 15) is 19.6 Å². The topological polar surface area (TPSA) is 159 Å². The Morgan fingerprint density at radius 3 is 2.57 bits per heavy atom. The Labute approximate surface area is 161 Å². The number of hydrogen-bond donors (Lipinski definition) is 5. The largest absolute Gasteiger partial charge is 0.389 e. The number of aromatic nitrogens is 3. The predicted octanol–water partition coefficient (Wildman–Crippen LogP) is 0.226. The Balaban J connectivity index is 1.68. The highest BCUT2D eigenvalue weighted by Crippen LogP contribution is 2.47. The number of hydrogen-bond acceptors (Lipinski definition) is 9. The molecule has 0 saturated carbocycles. The second kappa shape index (κ2) is 8.83. The maximum absolute atomic E-state index is 12.4. The van der Waals surface area contributed by atoms with Crippen LogP contribution in [0.25, 0.3) is 11.0 Å². The van der Waals surface area contributed by atoms with Crippen LogP contribution < -0.4 is 10.9 Å². The van der Waals surface area contributed by atoms with E-state index in [0.29, 0.717) is 11.1 Å². The van der Waals surface area contributed by atoms with Crippen LogP contribution in [-0.2, 0) is 18.3 Å². The first-order chi connectivity index (χ1) is 13.4. The van der Waals surface area contributed by atoms with E-state index in [0.717, 1.165) is 0 Å². The Bertz CT molecular complexity index is 890. The minimum absolute atomic E-state index is 0.0186. The molecule has 1 fully saturated rings. The minimum atomic E-state index is -3.36. The highest BCUT2D eigenvalue weighted by atomic mass is 31.2. The normalized spacial score (nSPS) is 25.6. The van der Waals surface area contributed by atoms with E-state index in [-0.39, 0.29) is 37.2 Å². The van der Waals surface area contributed by atoms with Crippen molar-refractivity contribution in [2.24, 2.45) is 0 Å². The van der Waals surface area contributed by atoms with Crippen molar-refractivity contribution in [3.05, 3.63) is 28.4 Å². The standard InChI is InChI=1S/C16H25N4O7P/c1-3-26-28(24,27-4-2)8-25-6-10-14(21)15(22)12(20-10)9-5-17-13-11(9)18-7-19-16(13)23/h5,7,10,12,14-15,17,20-22H,3-4,6,8H2,1-2H3,(H,18,19,23)/t10-,12+,14-,15+/m1/s1. The number of nitrogens with one attached hydrogen (secondary N) is 3. The third kappa shape index (κ3) is 4.20. The van der Waals surface area contributed by atoms with Crippen molar-refractivity contribution in [1.82, 2.24) is 20.3 Å². The van der Waals surface area contributed by atoms with Crippen molar-refractivity contribution in [2.45, 2.75) is 38.1 Å². The molecular weight excluding hydrogens is 391 g/mol. The van der Waals surface area contributed by atoms with Crippen LogP contribution >= 0.6 is 7.60 Å². The van der Waals surface area contributed by atoms with Gasteiger partial charge in [-0.25, -0.2) is 4.98 Å². The van der Waals surface area contributed by atoms with Gasteiger partial charge in [-0.3, -0.25) is 9.36 Å². The first-order valence-corrected chi connectivity index (χ1v) is 10.8. The lowest BCUT2D eigenvalue weighted by molar-refractivity contribution is 0.0114. The van der Waals surface area contributed by atoms with Gasteiger partial charge < -0.3 is 39.3 Å². The summed E-state index contributed by atoms with van der Waals surface area (Å²) in [6.45, 7) is 3.83. The Hall–Kier alpha value is -1.59. The SMILES string of the molecule is CCOP(=O)(COC[C@H]1N[C@@H](c2c[nH]c3c(=O)[nH]cnc23)[C@H](O)[C@@H]1O)OCC. The van der Waals surface area contributed by atoms with Crippen LogP contribution in [0.3, 0.4) is 0 Å². The summed E-state index contributed by atoms with van der Waals surface area (Å²) in [5.41, 5.74) is 0.928. The van der Waals surface area contributed by atoms with Crippen LogP contribution in [0.15, 0.2) is 17.3 Å². The molecule has 28 heavy (non-hydrogen) atoms. The van der Waals surface area contributed by atoms with Crippen LogP contribution in [-0.4, -0.2) is 69.6 Å². The van der Waals surface area contributed by atoms with E-state index in [1.54, 1.807) is 20.0 Å². The molecular formula is C16H25N4O7P. The lowest BCUT2D eigenvalue weighted by atomic mass is 10.0. The highest BCUT2D eigenvalue weighted by Gasteiger charge is 2.43. The first-order valence-electron chi connectivity index (χ1n) is 9.03. The van der Waals surface area contributed by atoms with Gasteiger partial charge in [-0.2, -0.15) is 0 Å². The molecule has 0 amide bonds.